The Morgan fingerprint density at radius 3 is 2.30 bits per heavy atom. The summed E-state index contributed by atoms with van der Waals surface area (Å²) in [6.45, 7) is 7.65. The first-order valence-corrected chi connectivity index (χ1v) is 10.9. The quantitative estimate of drug-likeness (QED) is 0.783. The fraction of sp³-hybridized carbons (Fsp3) is 0.381. The lowest BCUT2D eigenvalue weighted by atomic mass is 10.0. The third-order valence-electron chi connectivity index (χ3n) is 4.66. The number of ether oxygens (including phenoxy) is 1. The fourth-order valence-electron chi connectivity index (χ4n) is 2.75. The minimum Gasteiger partial charge on any atom is -0.481 e. The highest BCUT2D eigenvalue weighted by atomic mass is 32.2. The number of hydrogen-bond donors (Lipinski definition) is 1. The Hall–Kier alpha value is -2.34. The second-order valence-electron chi connectivity index (χ2n) is 6.77. The van der Waals surface area contributed by atoms with Crippen molar-refractivity contribution in [3.63, 3.8) is 0 Å². The summed E-state index contributed by atoms with van der Waals surface area (Å²) in [5, 5.41) is 2.98. The number of carbonyl (C=O) groups excluding carboxylic acids is 1. The molecule has 2 atom stereocenters. The molecule has 0 aliphatic rings. The van der Waals surface area contributed by atoms with E-state index in [0.717, 1.165) is 16.7 Å². The zero-order chi connectivity index (χ0) is 20.2. The van der Waals surface area contributed by atoms with Crippen LogP contribution in [0.25, 0.3) is 0 Å². The number of carbonyl (C=O) groups is 1. The molecule has 0 unspecified atom stereocenters. The van der Waals surface area contributed by atoms with Gasteiger partial charge < -0.3 is 10.1 Å². The summed E-state index contributed by atoms with van der Waals surface area (Å²) in [5.74, 6) is 0.484. The third kappa shape index (κ3) is 5.32. The molecule has 6 heteroatoms. The van der Waals surface area contributed by atoms with Crippen molar-refractivity contribution in [2.45, 2.75) is 51.2 Å². The largest absolute Gasteiger partial charge is 0.481 e. The minimum absolute atomic E-state index is 0.212. The molecule has 5 nitrogen and oxygen atoms in total. The van der Waals surface area contributed by atoms with E-state index in [1.54, 1.807) is 31.2 Å². The molecule has 1 amide bonds. The van der Waals surface area contributed by atoms with E-state index < -0.39 is 15.9 Å². The van der Waals surface area contributed by atoms with Gasteiger partial charge in [0.15, 0.2) is 15.9 Å². The lowest BCUT2D eigenvalue weighted by Gasteiger charge is -2.22. The Morgan fingerprint density at radius 2 is 1.74 bits per heavy atom. The number of sulfone groups is 1. The van der Waals surface area contributed by atoms with Crippen molar-refractivity contribution in [2.75, 3.05) is 6.26 Å². The summed E-state index contributed by atoms with van der Waals surface area (Å²) in [7, 11) is -3.24. The monoisotopic (exact) mass is 389 g/mol. The van der Waals surface area contributed by atoms with E-state index in [9.17, 15) is 13.2 Å². The molecule has 0 aliphatic carbocycles. The standard InChI is InChI=1S/C21H27NO4S/c1-6-19(17-10-12-18(13-11-17)27(5,24)25)22-21(23)16(4)26-20-9-7-8-14(2)15(20)3/h7-13,16,19H,6H2,1-5H3,(H,22,23)/t16-,19-/m1/s1. The zero-order valence-electron chi connectivity index (χ0n) is 16.4. The van der Waals surface area contributed by atoms with Gasteiger partial charge in [-0.2, -0.15) is 0 Å². The van der Waals surface area contributed by atoms with E-state index in [-0.39, 0.29) is 16.8 Å². The van der Waals surface area contributed by atoms with Crippen molar-refractivity contribution in [3.05, 3.63) is 59.2 Å². The van der Waals surface area contributed by atoms with Crippen LogP contribution >= 0.6 is 0 Å². The molecule has 0 saturated carbocycles. The summed E-state index contributed by atoms with van der Waals surface area (Å²) in [4.78, 5) is 12.8. The first-order valence-electron chi connectivity index (χ1n) is 8.96. The van der Waals surface area contributed by atoms with Gasteiger partial charge in [0.25, 0.3) is 5.91 Å². The maximum absolute atomic E-state index is 12.6. The van der Waals surface area contributed by atoms with Gasteiger partial charge in [0.2, 0.25) is 0 Å². The zero-order valence-corrected chi connectivity index (χ0v) is 17.3. The van der Waals surface area contributed by atoms with Gasteiger partial charge >= 0.3 is 0 Å². The molecule has 146 valence electrons. The van der Waals surface area contributed by atoms with E-state index in [1.165, 1.54) is 6.26 Å². The highest BCUT2D eigenvalue weighted by Crippen LogP contribution is 2.23. The van der Waals surface area contributed by atoms with Crippen molar-refractivity contribution < 1.29 is 17.9 Å². The maximum atomic E-state index is 12.6. The van der Waals surface area contributed by atoms with Crippen molar-refractivity contribution >= 4 is 15.7 Å². The van der Waals surface area contributed by atoms with Gasteiger partial charge in [0.1, 0.15) is 5.75 Å². The molecule has 2 aromatic rings. The topological polar surface area (TPSA) is 72.5 Å². The Bertz CT molecular complexity index is 904. The van der Waals surface area contributed by atoms with Gasteiger partial charge in [-0.1, -0.05) is 31.2 Å². The van der Waals surface area contributed by atoms with E-state index in [1.807, 2.05) is 39.0 Å². The number of hydrogen-bond acceptors (Lipinski definition) is 4. The van der Waals surface area contributed by atoms with Crippen LogP contribution in [0, 0.1) is 13.8 Å². The van der Waals surface area contributed by atoms with Crippen LogP contribution in [0.1, 0.15) is 43.0 Å². The number of aryl methyl sites for hydroxylation is 1. The normalized spacial score (nSPS) is 13.7. The molecule has 2 aromatic carbocycles. The van der Waals surface area contributed by atoms with Gasteiger partial charge in [-0.3, -0.25) is 4.79 Å². The molecule has 0 bridgehead atoms. The van der Waals surface area contributed by atoms with Crippen LogP contribution in [-0.4, -0.2) is 26.7 Å². The Labute approximate surface area is 161 Å². The predicted molar refractivity (Wildman–Crippen MR) is 107 cm³/mol. The molecule has 0 fully saturated rings. The summed E-state index contributed by atoms with van der Waals surface area (Å²) in [6.07, 6.45) is 1.21. The van der Waals surface area contributed by atoms with Gasteiger partial charge in [-0.25, -0.2) is 8.42 Å². The average Bonchev–Trinajstić information content (AvgIpc) is 2.62. The molecule has 0 spiro atoms. The third-order valence-corrected chi connectivity index (χ3v) is 5.79. The second kappa shape index (κ2) is 8.57. The van der Waals surface area contributed by atoms with Gasteiger partial charge in [0.05, 0.1) is 10.9 Å². The SMILES string of the molecule is CC[C@@H](NC(=O)[C@@H](C)Oc1cccc(C)c1C)c1ccc(S(C)(=O)=O)cc1. The summed E-state index contributed by atoms with van der Waals surface area (Å²) < 4.78 is 29.0. The molecule has 0 heterocycles. The van der Waals surface area contributed by atoms with E-state index >= 15 is 0 Å². The van der Waals surface area contributed by atoms with E-state index in [0.29, 0.717) is 12.2 Å². The Morgan fingerprint density at radius 1 is 1.11 bits per heavy atom. The number of rotatable bonds is 7. The molecule has 2 rings (SSSR count). The number of amides is 1. The highest BCUT2D eigenvalue weighted by Gasteiger charge is 2.20. The summed E-state index contributed by atoms with van der Waals surface area (Å²) in [6, 6.07) is 12.2. The van der Waals surface area contributed by atoms with Crippen molar-refractivity contribution in [3.8, 4) is 5.75 Å². The number of benzene rings is 2. The lowest BCUT2D eigenvalue weighted by molar-refractivity contribution is -0.128. The Balaban J connectivity index is 2.08. The van der Waals surface area contributed by atoms with E-state index in [4.69, 9.17) is 4.74 Å². The van der Waals surface area contributed by atoms with Gasteiger partial charge in [0, 0.05) is 6.26 Å². The van der Waals surface area contributed by atoms with Crippen LogP contribution in [0.3, 0.4) is 0 Å². The molecule has 0 aliphatic heterocycles. The first kappa shape index (κ1) is 21.0. The van der Waals surface area contributed by atoms with Crippen LogP contribution < -0.4 is 10.1 Å². The average molecular weight is 390 g/mol. The van der Waals surface area contributed by atoms with Crippen LogP contribution in [0.2, 0.25) is 0 Å². The first-order chi connectivity index (χ1) is 12.6. The van der Waals surface area contributed by atoms with Crippen LogP contribution in [0.4, 0.5) is 0 Å². The maximum Gasteiger partial charge on any atom is 0.261 e. The van der Waals surface area contributed by atoms with Gasteiger partial charge in [-0.15, -0.1) is 0 Å². The highest BCUT2D eigenvalue weighted by molar-refractivity contribution is 7.90. The molecule has 1 N–H and O–H groups in total. The predicted octanol–water partition coefficient (Wildman–Crippen LogP) is 3.74. The van der Waals surface area contributed by atoms with Crippen LogP contribution in [0.5, 0.6) is 5.75 Å². The molecular formula is C21H27NO4S. The number of nitrogens with one attached hydrogen (secondary N) is 1. The molecular weight excluding hydrogens is 362 g/mol. The van der Waals surface area contributed by atoms with Crippen molar-refractivity contribution in [2.24, 2.45) is 0 Å². The fourth-order valence-corrected chi connectivity index (χ4v) is 3.38. The van der Waals surface area contributed by atoms with Crippen molar-refractivity contribution in [1.29, 1.82) is 0 Å². The summed E-state index contributed by atoms with van der Waals surface area (Å²) in [5.41, 5.74) is 2.98. The molecule has 0 aromatic heterocycles. The smallest absolute Gasteiger partial charge is 0.261 e. The molecule has 0 saturated heterocycles. The van der Waals surface area contributed by atoms with E-state index in [2.05, 4.69) is 5.32 Å². The van der Waals surface area contributed by atoms with Crippen molar-refractivity contribution in [1.82, 2.24) is 5.32 Å². The lowest BCUT2D eigenvalue weighted by Crippen LogP contribution is -2.38. The second-order valence-corrected chi connectivity index (χ2v) is 8.78. The summed E-state index contributed by atoms with van der Waals surface area (Å²) >= 11 is 0. The van der Waals surface area contributed by atoms with Crippen LogP contribution in [0.15, 0.2) is 47.4 Å². The molecule has 0 radical (unpaired) electrons. The molecule has 27 heavy (non-hydrogen) atoms. The Kier molecular flexibility index (Phi) is 6.65. The van der Waals surface area contributed by atoms with Gasteiger partial charge in [-0.05, 0) is 62.1 Å². The van der Waals surface area contributed by atoms with Crippen LogP contribution in [-0.2, 0) is 14.6 Å². The minimum atomic E-state index is -3.24.